The quantitative estimate of drug-likeness (QED) is 0.558. The Bertz CT molecular complexity index is 322. The van der Waals surface area contributed by atoms with Crippen LogP contribution in [-0.4, -0.2) is 32.6 Å². The molecule has 0 atom stereocenters. The van der Waals surface area contributed by atoms with Gasteiger partial charge in [0.15, 0.2) is 0 Å². The molecule has 3 nitrogen and oxygen atoms in total. The molecule has 0 saturated heterocycles. The van der Waals surface area contributed by atoms with Crippen LogP contribution in [0.1, 0.15) is 0 Å². The summed E-state index contributed by atoms with van der Waals surface area (Å²) >= 11 is 0. The van der Waals surface area contributed by atoms with E-state index in [-0.39, 0.29) is 0 Å². The summed E-state index contributed by atoms with van der Waals surface area (Å²) in [6, 6.07) is 0. The molecule has 0 N–H and O–H groups in total. The molecule has 3 heteroatoms. The molecule has 1 aliphatic carbocycles. The summed E-state index contributed by atoms with van der Waals surface area (Å²) in [5.74, 6) is 0.732. The third-order valence-electron chi connectivity index (χ3n) is 1.86. The van der Waals surface area contributed by atoms with Gasteiger partial charge in [0.1, 0.15) is 5.76 Å². The van der Waals surface area contributed by atoms with Crippen molar-refractivity contribution in [3.8, 4) is 0 Å². The van der Waals surface area contributed by atoms with Gasteiger partial charge in [-0.3, -0.25) is 9.98 Å². The number of nitrogens with zero attached hydrogens (tertiary/aromatic N) is 2. The lowest BCUT2D eigenvalue weighted by molar-refractivity contribution is 0.315. The maximum atomic E-state index is 5.15. The van der Waals surface area contributed by atoms with Gasteiger partial charge in [-0.05, 0) is 18.6 Å². The van der Waals surface area contributed by atoms with Crippen LogP contribution in [0.5, 0.6) is 0 Å². The average Bonchev–Trinajstić information content (AvgIpc) is 2.17. The Balaban J connectivity index is 3.11. The predicted molar refractivity (Wildman–Crippen MR) is 55.3 cm³/mol. The molecule has 0 heterocycles. The molecule has 0 saturated carbocycles. The number of allylic oxidation sites excluding steroid dienone is 3. The molecule has 0 aromatic carbocycles. The van der Waals surface area contributed by atoms with Crippen molar-refractivity contribution in [3.05, 3.63) is 30.4 Å². The molecule has 0 bridgehead atoms. The van der Waals surface area contributed by atoms with Gasteiger partial charge >= 0.3 is 0 Å². The third-order valence-corrected chi connectivity index (χ3v) is 1.86. The largest absolute Gasteiger partial charge is 0.494 e. The number of aliphatic imine (C=N–C) groups is 2. The molecule has 0 unspecified atom stereocenters. The van der Waals surface area contributed by atoms with Crippen molar-refractivity contribution >= 4 is 11.4 Å². The molecule has 0 amide bonds. The normalized spacial score (nSPS) is 23.1. The van der Waals surface area contributed by atoms with Gasteiger partial charge in [0, 0.05) is 20.2 Å². The second kappa shape index (κ2) is 4.03. The zero-order valence-electron chi connectivity index (χ0n) is 8.16. The summed E-state index contributed by atoms with van der Waals surface area (Å²) < 4.78 is 5.15. The maximum absolute atomic E-state index is 5.15. The summed E-state index contributed by atoms with van der Waals surface area (Å²) in [5, 5.41) is 0. The Kier molecular flexibility index (Phi) is 3.01. The van der Waals surface area contributed by atoms with E-state index < -0.39 is 0 Å². The summed E-state index contributed by atoms with van der Waals surface area (Å²) in [5.41, 5.74) is 2.51. The van der Waals surface area contributed by atoms with E-state index in [1.165, 1.54) is 0 Å². The van der Waals surface area contributed by atoms with Gasteiger partial charge in [0.05, 0.1) is 18.5 Å². The number of rotatable bonds is 1. The Morgan fingerprint density at radius 3 is 2.23 bits per heavy atom. The monoisotopic (exact) mass is 177 g/mol. The summed E-state index contributed by atoms with van der Waals surface area (Å²) in [4.78, 5) is 8.14. The van der Waals surface area contributed by atoms with Gasteiger partial charge in [0.25, 0.3) is 0 Å². The lowest BCUT2D eigenvalue weighted by Gasteiger charge is -2.13. The summed E-state index contributed by atoms with van der Waals surface area (Å²) in [6.07, 6.45) is 3.70. The van der Waals surface area contributed by atoms with Gasteiger partial charge in [-0.15, -0.1) is 0 Å². The van der Waals surface area contributed by atoms with Crippen LogP contribution in [0.4, 0.5) is 0 Å². The summed E-state index contributed by atoms with van der Waals surface area (Å²) in [7, 11) is 5.07. The van der Waals surface area contributed by atoms with E-state index in [2.05, 4.69) is 16.9 Å². The molecule has 1 radical (unpaired) electrons. The minimum Gasteiger partial charge on any atom is -0.494 e. The van der Waals surface area contributed by atoms with E-state index in [0.29, 0.717) is 0 Å². The average molecular weight is 177 g/mol. The highest BCUT2D eigenvalue weighted by molar-refractivity contribution is 6.23. The molecule has 0 aromatic rings. The Hall–Kier alpha value is -1.38. The molecular formula is C10H13N2O. The topological polar surface area (TPSA) is 34.0 Å². The molecule has 13 heavy (non-hydrogen) atoms. The van der Waals surface area contributed by atoms with Crippen LogP contribution in [0.15, 0.2) is 33.5 Å². The number of hydrogen-bond acceptors (Lipinski definition) is 3. The van der Waals surface area contributed by atoms with Crippen LogP contribution < -0.4 is 0 Å². The minimum absolute atomic E-state index is 0.732. The molecule has 1 rings (SSSR count). The first-order valence-electron chi connectivity index (χ1n) is 3.96. The molecule has 0 fully saturated rings. The fourth-order valence-corrected chi connectivity index (χ4v) is 1.15. The van der Waals surface area contributed by atoms with Crippen LogP contribution in [0.2, 0.25) is 0 Å². The van der Waals surface area contributed by atoms with Crippen molar-refractivity contribution < 1.29 is 4.74 Å². The number of ether oxygens (including phenoxy) is 1. The van der Waals surface area contributed by atoms with Crippen LogP contribution in [-0.2, 0) is 4.74 Å². The Labute approximate surface area is 78.5 Å². The van der Waals surface area contributed by atoms with E-state index in [9.17, 15) is 0 Å². The van der Waals surface area contributed by atoms with Crippen LogP contribution >= 0.6 is 0 Å². The molecule has 69 valence electrons. The highest BCUT2D eigenvalue weighted by atomic mass is 16.5. The lowest BCUT2D eigenvalue weighted by atomic mass is 10.0. The van der Waals surface area contributed by atoms with Crippen molar-refractivity contribution in [2.45, 2.75) is 0 Å². The highest BCUT2D eigenvalue weighted by Crippen LogP contribution is 2.13. The van der Waals surface area contributed by atoms with Crippen molar-refractivity contribution in [1.82, 2.24) is 0 Å². The SMILES string of the molecule is [CH2]C1=CC(=NC)C(OC)=CC1=NC. The molecule has 0 aliphatic heterocycles. The fourth-order valence-electron chi connectivity index (χ4n) is 1.15. The van der Waals surface area contributed by atoms with Crippen LogP contribution in [0.3, 0.4) is 0 Å². The van der Waals surface area contributed by atoms with E-state index in [4.69, 9.17) is 4.74 Å². The Morgan fingerprint density at radius 2 is 1.77 bits per heavy atom. The van der Waals surface area contributed by atoms with Gasteiger partial charge in [-0.2, -0.15) is 0 Å². The van der Waals surface area contributed by atoms with Gasteiger partial charge in [0.2, 0.25) is 0 Å². The van der Waals surface area contributed by atoms with Crippen molar-refractivity contribution in [2.75, 3.05) is 21.2 Å². The second-order valence-corrected chi connectivity index (χ2v) is 2.60. The van der Waals surface area contributed by atoms with Crippen molar-refractivity contribution in [1.29, 1.82) is 0 Å². The van der Waals surface area contributed by atoms with Crippen molar-refractivity contribution in [2.24, 2.45) is 9.98 Å². The number of methoxy groups -OCH3 is 1. The molecule has 0 spiro atoms. The van der Waals surface area contributed by atoms with E-state index in [1.54, 1.807) is 21.2 Å². The Morgan fingerprint density at radius 1 is 1.15 bits per heavy atom. The number of hydrogen-bond donors (Lipinski definition) is 0. The predicted octanol–water partition coefficient (Wildman–Crippen LogP) is 1.43. The zero-order chi connectivity index (χ0) is 9.84. The maximum Gasteiger partial charge on any atom is 0.146 e. The first-order chi connectivity index (χ1) is 6.22. The third kappa shape index (κ3) is 1.86. The van der Waals surface area contributed by atoms with Gasteiger partial charge in [-0.25, -0.2) is 0 Å². The molecule has 0 aromatic heterocycles. The fraction of sp³-hybridized carbons (Fsp3) is 0.300. The first-order valence-corrected chi connectivity index (χ1v) is 3.96. The minimum atomic E-state index is 0.732. The van der Waals surface area contributed by atoms with E-state index >= 15 is 0 Å². The lowest BCUT2D eigenvalue weighted by Crippen LogP contribution is -2.13. The molecule has 1 aliphatic rings. The first kappa shape index (κ1) is 9.71. The summed E-state index contributed by atoms with van der Waals surface area (Å²) in [6.45, 7) is 3.87. The van der Waals surface area contributed by atoms with E-state index in [0.717, 1.165) is 22.8 Å². The van der Waals surface area contributed by atoms with Gasteiger partial charge < -0.3 is 4.74 Å². The second-order valence-electron chi connectivity index (χ2n) is 2.60. The standard InChI is InChI=1S/C10H13N2O/c1-7-5-9(12-3)10(13-4)6-8(7)11-2/h5-6H,1H2,2-4H3. The smallest absolute Gasteiger partial charge is 0.146 e. The van der Waals surface area contributed by atoms with Crippen molar-refractivity contribution in [3.63, 3.8) is 0 Å². The van der Waals surface area contributed by atoms with E-state index in [1.807, 2.05) is 12.2 Å². The van der Waals surface area contributed by atoms with Gasteiger partial charge in [-0.1, -0.05) is 0 Å². The zero-order valence-corrected chi connectivity index (χ0v) is 8.16. The van der Waals surface area contributed by atoms with Crippen LogP contribution in [0, 0.1) is 6.92 Å². The highest BCUT2D eigenvalue weighted by Gasteiger charge is 2.13. The van der Waals surface area contributed by atoms with Crippen LogP contribution in [0.25, 0.3) is 0 Å². The molecular weight excluding hydrogens is 164 g/mol.